The molecule has 1 heterocycles. The molecule has 262 valence electrons. The normalized spacial score (nSPS) is 13.6. The van der Waals surface area contributed by atoms with E-state index in [1.807, 2.05) is 115 Å². The molecule has 6 rings (SSSR count). The van der Waals surface area contributed by atoms with Crippen LogP contribution in [0.4, 0.5) is 4.79 Å². The Morgan fingerprint density at radius 1 is 0.804 bits per heavy atom. The molecular formula is C41H44N6O4. The lowest BCUT2D eigenvalue weighted by molar-refractivity contribution is -0.138. The Hall–Kier alpha value is -5.90. The topological polar surface area (TPSA) is 128 Å². The van der Waals surface area contributed by atoms with Gasteiger partial charge in [0.1, 0.15) is 18.4 Å². The number of ether oxygens (including phenoxy) is 1. The van der Waals surface area contributed by atoms with E-state index >= 15 is 0 Å². The van der Waals surface area contributed by atoms with E-state index in [-0.39, 0.29) is 37.4 Å². The second-order valence-corrected chi connectivity index (χ2v) is 12.9. The summed E-state index contributed by atoms with van der Waals surface area (Å²) in [6, 6.07) is 35.3. The lowest BCUT2D eigenvalue weighted by Gasteiger charge is -2.35. The zero-order valence-corrected chi connectivity index (χ0v) is 28.5. The Labute approximate surface area is 298 Å². The fourth-order valence-electron chi connectivity index (χ4n) is 6.19. The Bertz CT molecular complexity index is 1820. The van der Waals surface area contributed by atoms with Gasteiger partial charge in [-0.1, -0.05) is 110 Å². The van der Waals surface area contributed by atoms with Crippen LogP contribution in [0.2, 0.25) is 0 Å². The molecular weight excluding hydrogens is 640 g/mol. The van der Waals surface area contributed by atoms with Gasteiger partial charge in [-0.3, -0.25) is 9.59 Å². The summed E-state index contributed by atoms with van der Waals surface area (Å²) in [7, 11) is 0. The zero-order valence-electron chi connectivity index (χ0n) is 28.5. The van der Waals surface area contributed by atoms with E-state index in [1.165, 1.54) is 11.2 Å². The van der Waals surface area contributed by atoms with Crippen molar-refractivity contribution in [1.82, 2.24) is 30.8 Å². The van der Waals surface area contributed by atoms with Crippen LogP contribution in [0.25, 0.3) is 0 Å². The standard InChI is InChI=1S/C41H44N6O4/c48-38(46-39(34-17-10-18-34)33-15-8-3-9-16-33)27-47(26-31-19-21-36(22-20-31)51-28-32-13-6-2-7-14-32)40(49)37(23-35-25-42-29-44-35)45-41(50)43-24-30-11-4-1-5-12-30/h1-9,11-16,19-22,25,29,34,37,39H,10,17-18,23-24,26-28H2,(H,42,44)(H,46,48)(H2,43,45,50). The maximum atomic E-state index is 14.4. The Balaban J connectivity index is 1.20. The highest BCUT2D eigenvalue weighted by Crippen LogP contribution is 2.37. The summed E-state index contributed by atoms with van der Waals surface area (Å²) in [6.07, 6.45) is 6.52. The average molecular weight is 685 g/mol. The minimum absolute atomic E-state index is 0.145. The second kappa shape index (κ2) is 17.7. The number of H-pyrrole nitrogens is 1. The number of urea groups is 1. The smallest absolute Gasteiger partial charge is 0.315 e. The first kappa shape index (κ1) is 34.9. The van der Waals surface area contributed by atoms with Crippen LogP contribution in [0.5, 0.6) is 5.75 Å². The van der Waals surface area contributed by atoms with Crippen molar-refractivity contribution in [3.8, 4) is 5.75 Å². The minimum atomic E-state index is -0.973. The number of aromatic amines is 1. The van der Waals surface area contributed by atoms with Crippen molar-refractivity contribution in [3.05, 3.63) is 156 Å². The predicted octanol–water partition coefficient (Wildman–Crippen LogP) is 6.09. The van der Waals surface area contributed by atoms with Gasteiger partial charge < -0.3 is 30.6 Å². The molecule has 1 saturated carbocycles. The van der Waals surface area contributed by atoms with Crippen molar-refractivity contribution >= 4 is 17.8 Å². The second-order valence-electron chi connectivity index (χ2n) is 12.9. The summed E-state index contributed by atoms with van der Waals surface area (Å²) in [6.45, 7) is 0.692. The number of nitrogens with zero attached hydrogens (tertiary/aromatic N) is 2. The third-order valence-electron chi connectivity index (χ3n) is 9.17. The van der Waals surface area contributed by atoms with Gasteiger partial charge in [0, 0.05) is 31.4 Å². The first-order valence-electron chi connectivity index (χ1n) is 17.4. The molecule has 1 aliphatic rings. The number of nitrogens with one attached hydrogen (secondary N) is 4. The summed E-state index contributed by atoms with van der Waals surface area (Å²) in [4.78, 5) is 50.1. The van der Waals surface area contributed by atoms with Crippen LogP contribution < -0.4 is 20.7 Å². The van der Waals surface area contributed by atoms with Crippen molar-refractivity contribution in [1.29, 1.82) is 0 Å². The molecule has 51 heavy (non-hydrogen) atoms. The van der Waals surface area contributed by atoms with Gasteiger partial charge >= 0.3 is 6.03 Å². The molecule has 0 bridgehead atoms. The molecule has 0 saturated heterocycles. The number of carbonyl (C=O) groups excluding carboxylic acids is 3. The maximum Gasteiger partial charge on any atom is 0.315 e. The monoisotopic (exact) mass is 684 g/mol. The molecule has 10 nitrogen and oxygen atoms in total. The van der Waals surface area contributed by atoms with Crippen LogP contribution in [0, 0.1) is 5.92 Å². The van der Waals surface area contributed by atoms with Crippen molar-refractivity contribution in [2.24, 2.45) is 5.92 Å². The van der Waals surface area contributed by atoms with Crippen molar-refractivity contribution in [3.63, 3.8) is 0 Å². The van der Waals surface area contributed by atoms with Crippen LogP contribution in [0.3, 0.4) is 0 Å². The van der Waals surface area contributed by atoms with Gasteiger partial charge in [-0.2, -0.15) is 0 Å². The number of carbonyl (C=O) groups is 3. The number of hydrogen-bond donors (Lipinski definition) is 4. The molecule has 1 fully saturated rings. The quantitative estimate of drug-likeness (QED) is 0.100. The first-order valence-corrected chi connectivity index (χ1v) is 17.4. The molecule has 2 atom stereocenters. The predicted molar refractivity (Wildman–Crippen MR) is 195 cm³/mol. The van der Waals surface area contributed by atoms with Crippen molar-refractivity contribution < 1.29 is 19.1 Å². The Kier molecular flexibility index (Phi) is 12.1. The summed E-state index contributed by atoms with van der Waals surface area (Å²) < 4.78 is 5.98. The van der Waals surface area contributed by atoms with Crippen LogP contribution in [-0.2, 0) is 35.7 Å². The third-order valence-corrected chi connectivity index (χ3v) is 9.17. The molecule has 0 aliphatic heterocycles. The fraction of sp³-hybridized carbons (Fsp3) is 0.268. The van der Waals surface area contributed by atoms with Gasteiger partial charge in [0.2, 0.25) is 11.8 Å². The van der Waals surface area contributed by atoms with Crippen LogP contribution in [-0.4, -0.2) is 45.3 Å². The fourth-order valence-corrected chi connectivity index (χ4v) is 6.19. The van der Waals surface area contributed by atoms with Gasteiger partial charge in [-0.25, -0.2) is 9.78 Å². The molecule has 4 aromatic carbocycles. The molecule has 0 spiro atoms. The highest BCUT2D eigenvalue weighted by Gasteiger charge is 2.32. The highest BCUT2D eigenvalue weighted by molar-refractivity contribution is 5.90. The number of imidazole rings is 1. The Morgan fingerprint density at radius 2 is 1.47 bits per heavy atom. The molecule has 4 amide bonds. The first-order chi connectivity index (χ1) is 25.0. The van der Waals surface area contributed by atoms with E-state index in [9.17, 15) is 14.4 Å². The van der Waals surface area contributed by atoms with Gasteiger partial charge in [0.25, 0.3) is 0 Å². The van der Waals surface area contributed by atoms with E-state index in [0.717, 1.165) is 41.5 Å². The highest BCUT2D eigenvalue weighted by atomic mass is 16.5. The third kappa shape index (κ3) is 10.3. The van der Waals surface area contributed by atoms with Crippen LogP contribution >= 0.6 is 0 Å². The lowest BCUT2D eigenvalue weighted by Crippen LogP contribution is -2.54. The molecule has 5 aromatic rings. The molecule has 0 radical (unpaired) electrons. The summed E-state index contributed by atoms with van der Waals surface area (Å²) in [5.74, 6) is 0.380. The SMILES string of the molecule is O=C(CN(Cc1ccc(OCc2ccccc2)cc1)C(=O)C(Cc1cnc[nH]1)NC(=O)NCc1ccccc1)NC(c1ccccc1)C1CCC1. The van der Waals surface area contributed by atoms with Crippen molar-refractivity contribution in [2.75, 3.05) is 6.54 Å². The van der Waals surface area contributed by atoms with E-state index in [4.69, 9.17) is 4.74 Å². The summed E-state index contributed by atoms with van der Waals surface area (Å²) in [5, 5.41) is 8.96. The number of aromatic nitrogens is 2. The average Bonchev–Trinajstić information content (AvgIpc) is 3.66. The van der Waals surface area contributed by atoms with E-state index in [2.05, 4.69) is 25.9 Å². The number of amides is 4. The summed E-state index contributed by atoms with van der Waals surface area (Å²) in [5.41, 5.74) is 4.53. The van der Waals surface area contributed by atoms with E-state index in [0.29, 0.717) is 30.5 Å². The minimum Gasteiger partial charge on any atom is -0.489 e. The van der Waals surface area contributed by atoms with Crippen LogP contribution in [0.1, 0.15) is 53.3 Å². The van der Waals surface area contributed by atoms with E-state index in [1.54, 1.807) is 6.20 Å². The van der Waals surface area contributed by atoms with Crippen molar-refractivity contribution in [2.45, 2.75) is 57.5 Å². The van der Waals surface area contributed by atoms with Gasteiger partial charge in [-0.15, -0.1) is 0 Å². The molecule has 2 unspecified atom stereocenters. The largest absolute Gasteiger partial charge is 0.489 e. The van der Waals surface area contributed by atoms with Gasteiger partial charge in [0.05, 0.1) is 18.9 Å². The zero-order chi connectivity index (χ0) is 35.3. The molecule has 10 heteroatoms. The molecule has 1 aromatic heterocycles. The van der Waals surface area contributed by atoms with E-state index < -0.39 is 12.1 Å². The molecule has 1 aliphatic carbocycles. The van der Waals surface area contributed by atoms with Gasteiger partial charge in [0.15, 0.2) is 0 Å². The van der Waals surface area contributed by atoms with Gasteiger partial charge in [-0.05, 0) is 53.1 Å². The molecule has 4 N–H and O–H groups in total. The summed E-state index contributed by atoms with van der Waals surface area (Å²) >= 11 is 0. The lowest BCUT2D eigenvalue weighted by atomic mass is 9.77. The number of benzene rings is 4. The maximum absolute atomic E-state index is 14.4. The number of hydrogen-bond acceptors (Lipinski definition) is 5. The Morgan fingerprint density at radius 3 is 2.10 bits per heavy atom. The van der Waals surface area contributed by atoms with Crippen LogP contribution in [0.15, 0.2) is 128 Å². The number of rotatable bonds is 16.